The molecule has 1 aliphatic heterocycles. The van der Waals surface area contributed by atoms with E-state index in [-0.39, 0.29) is 17.7 Å². The molecule has 7 heteroatoms. The molecule has 0 bridgehead atoms. The van der Waals surface area contributed by atoms with Gasteiger partial charge in [0.15, 0.2) is 0 Å². The van der Waals surface area contributed by atoms with E-state index in [0.717, 1.165) is 25.9 Å². The number of hydrogen-bond donors (Lipinski definition) is 3. The summed E-state index contributed by atoms with van der Waals surface area (Å²) in [5.74, 6) is -0.303. The number of benzene rings is 1. The molecule has 6 nitrogen and oxygen atoms in total. The molecule has 3 N–H and O–H groups in total. The number of piperidine rings is 1. The zero-order chi connectivity index (χ0) is 17.8. The van der Waals surface area contributed by atoms with Crippen LogP contribution in [-0.4, -0.2) is 39.0 Å². The van der Waals surface area contributed by atoms with E-state index in [1.807, 2.05) is 0 Å². The summed E-state index contributed by atoms with van der Waals surface area (Å²) in [5, 5.41) is 6.25. The Labute approximate surface area is 144 Å². The third kappa shape index (κ3) is 6.22. The lowest BCUT2D eigenvalue weighted by Gasteiger charge is -2.24. The summed E-state index contributed by atoms with van der Waals surface area (Å²) >= 11 is 0. The van der Waals surface area contributed by atoms with E-state index in [2.05, 4.69) is 15.4 Å². The van der Waals surface area contributed by atoms with Crippen molar-refractivity contribution in [3.05, 3.63) is 35.4 Å². The van der Waals surface area contributed by atoms with Gasteiger partial charge in [-0.2, -0.15) is 0 Å². The van der Waals surface area contributed by atoms with E-state index in [1.54, 1.807) is 45.0 Å². The molecule has 0 radical (unpaired) electrons. The van der Waals surface area contributed by atoms with E-state index in [9.17, 15) is 13.2 Å². The second kappa shape index (κ2) is 7.63. The average molecular weight is 353 g/mol. The van der Waals surface area contributed by atoms with Gasteiger partial charge in [0.05, 0.1) is 5.75 Å². The maximum atomic E-state index is 12.4. The fraction of sp³-hybridized carbons (Fsp3) is 0.588. The Bertz CT molecular complexity index is 675. The summed E-state index contributed by atoms with van der Waals surface area (Å²) in [6.45, 7) is 7.15. The first-order valence-corrected chi connectivity index (χ1v) is 9.92. The highest BCUT2D eigenvalue weighted by Gasteiger charge is 2.21. The number of amides is 1. The lowest BCUT2D eigenvalue weighted by molar-refractivity contribution is 0.0930. The van der Waals surface area contributed by atoms with E-state index in [4.69, 9.17) is 0 Å². The third-order valence-corrected chi connectivity index (χ3v) is 5.28. The minimum Gasteiger partial charge on any atom is -0.348 e. The van der Waals surface area contributed by atoms with Gasteiger partial charge in [0.2, 0.25) is 10.0 Å². The molecule has 1 amide bonds. The van der Waals surface area contributed by atoms with Gasteiger partial charge in [-0.15, -0.1) is 0 Å². The van der Waals surface area contributed by atoms with E-state index in [0.29, 0.717) is 11.1 Å². The molecule has 2 rings (SSSR count). The van der Waals surface area contributed by atoms with Gasteiger partial charge in [-0.1, -0.05) is 12.1 Å². The van der Waals surface area contributed by atoms with Gasteiger partial charge in [0.1, 0.15) is 0 Å². The number of carbonyl (C=O) groups is 1. The second-order valence-corrected chi connectivity index (χ2v) is 9.05. The summed E-state index contributed by atoms with van der Waals surface area (Å²) in [7, 11) is -3.45. The Morgan fingerprint density at radius 3 is 2.71 bits per heavy atom. The van der Waals surface area contributed by atoms with E-state index >= 15 is 0 Å². The van der Waals surface area contributed by atoms with Crippen molar-refractivity contribution in [2.45, 2.75) is 50.9 Å². The first-order valence-electron chi connectivity index (χ1n) is 8.27. The van der Waals surface area contributed by atoms with Crippen molar-refractivity contribution < 1.29 is 13.2 Å². The molecule has 24 heavy (non-hydrogen) atoms. The molecule has 0 spiro atoms. The van der Waals surface area contributed by atoms with Crippen LogP contribution in [0.4, 0.5) is 0 Å². The summed E-state index contributed by atoms with van der Waals surface area (Å²) in [5.41, 5.74) is 0.562. The molecule has 0 saturated carbocycles. The van der Waals surface area contributed by atoms with Crippen LogP contribution in [0, 0.1) is 0 Å². The van der Waals surface area contributed by atoms with Crippen molar-refractivity contribution in [3.8, 4) is 0 Å². The van der Waals surface area contributed by atoms with Crippen LogP contribution in [-0.2, 0) is 15.8 Å². The van der Waals surface area contributed by atoms with Crippen molar-refractivity contribution >= 4 is 15.9 Å². The summed E-state index contributed by atoms with van der Waals surface area (Å²) in [4.78, 5) is 12.4. The van der Waals surface area contributed by atoms with Crippen LogP contribution in [0.3, 0.4) is 0 Å². The maximum Gasteiger partial charge on any atom is 0.251 e. The lowest BCUT2D eigenvalue weighted by atomic mass is 10.1. The minimum atomic E-state index is -3.45. The van der Waals surface area contributed by atoms with Gasteiger partial charge in [-0.05, 0) is 57.9 Å². The third-order valence-electron chi connectivity index (χ3n) is 3.64. The van der Waals surface area contributed by atoms with Crippen molar-refractivity contribution in [1.82, 2.24) is 15.4 Å². The normalized spacial score (nSPS) is 19.0. The molecule has 0 aliphatic carbocycles. The van der Waals surface area contributed by atoms with Crippen molar-refractivity contribution in [1.29, 1.82) is 0 Å². The fourth-order valence-corrected chi connectivity index (χ4v) is 4.39. The predicted octanol–water partition coefficient (Wildman–Crippen LogP) is 1.39. The smallest absolute Gasteiger partial charge is 0.251 e. The fourth-order valence-electron chi connectivity index (χ4n) is 2.77. The van der Waals surface area contributed by atoms with Crippen LogP contribution in [0.2, 0.25) is 0 Å². The number of sulfonamides is 1. The van der Waals surface area contributed by atoms with E-state index in [1.165, 1.54) is 0 Å². The largest absolute Gasteiger partial charge is 0.348 e. The standard InChI is InChI=1S/C17H27N3O3S/c1-17(2,3)20-24(22,23)12-13-6-4-7-14(10-13)16(21)19-15-8-5-9-18-11-15/h4,6-7,10,15,18,20H,5,8-9,11-12H2,1-3H3,(H,19,21)/t15-/m0/s1. The van der Waals surface area contributed by atoms with Crippen molar-refractivity contribution in [2.75, 3.05) is 13.1 Å². The number of hydrogen-bond acceptors (Lipinski definition) is 4. The van der Waals surface area contributed by atoms with Crippen LogP contribution in [0.1, 0.15) is 49.5 Å². The highest BCUT2D eigenvalue weighted by molar-refractivity contribution is 7.88. The second-order valence-electron chi connectivity index (χ2n) is 7.33. The molecule has 1 saturated heterocycles. The Balaban J connectivity index is 2.04. The molecule has 134 valence electrons. The highest BCUT2D eigenvalue weighted by atomic mass is 32.2. The van der Waals surface area contributed by atoms with Gasteiger partial charge in [-0.3, -0.25) is 4.79 Å². The topological polar surface area (TPSA) is 87.3 Å². The zero-order valence-electron chi connectivity index (χ0n) is 14.6. The molecule has 1 fully saturated rings. The van der Waals surface area contributed by atoms with Crippen LogP contribution in [0.5, 0.6) is 0 Å². The summed E-state index contributed by atoms with van der Waals surface area (Å²) in [6, 6.07) is 6.92. The van der Waals surface area contributed by atoms with E-state index < -0.39 is 15.6 Å². The van der Waals surface area contributed by atoms with Gasteiger partial charge in [-0.25, -0.2) is 13.1 Å². The van der Waals surface area contributed by atoms with Crippen LogP contribution in [0.25, 0.3) is 0 Å². The van der Waals surface area contributed by atoms with Crippen LogP contribution in [0.15, 0.2) is 24.3 Å². The lowest BCUT2D eigenvalue weighted by Crippen LogP contribution is -2.45. The molecular weight excluding hydrogens is 326 g/mol. The highest BCUT2D eigenvalue weighted by Crippen LogP contribution is 2.12. The predicted molar refractivity (Wildman–Crippen MR) is 95.3 cm³/mol. The molecule has 1 heterocycles. The van der Waals surface area contributed by atoms with Gasteiger partial charge >= 0.3 is 0 Å². The molecule has 0 aromatic heterocycles. The number of rotatable bonds is 5. The molecule has 1 aromatic carbocycles. The Kier molecular flexibility index (Phi) is 6.01. The van der Waals surface area contributed by atoms with Gasteiger partial charge in [0, 0.05) is 23.7 Å². The maximum absolute atomic E-state index is 12.4. The van der Waals surface area contributed by atoms with Crippen molar-refractivity contribution in [3.63, 3.8) is 0 Å². The quantitative estimate of drug-likeness (QED) is 0.746. The van der Waals surface area contributed by atoms with Crippen LogP contribution < -0.4 is 15.4 Å². The summed E-state index contributed by atoms with van der Waals surface area (Å²) in [6.07, 6.45) is 2.00. The first kappa shape index (κ1) is 18.9. The van der Waals surface area contributed by atoms with Gasteiger partial charge in [0.25, 0.3) is 5.91 Å². The molecule has 1 atom stereocenters. The molecule has 1 aromatic rings. The summed E-state index contributed by atoms with van der Waals surface area (Å²) < 4.78 is 27.0. The average Bonchev–Trinajstić information content (AvgIpc) is 2.45. The molecular formula is C17H27N3O3S. The number of carbonyl (C=O) groups excluding carboxylic acids is 1. The molecule has 1 aliphatic rings. The van der Waals surface area contributed by atoms with Crippen LogP contribution >= 0.6 is 0 Å². The Hall–Kier alpha value is -1.44. The Morgan fingerprint density at radius 1 is 1.33 bits per heavy atom. The van der Waals surface area contributed by atoms with Gasteiger partial charge < -0.3 is 10.6 Å². The zero-order valence-corrected chi connectivity index (χ0v) is 15.4. The monoisotopic (exact) mass is 353 g/mol. The SMILES string of the molecule is CC(C)(C)NS(=O)(=O)Cc1cccc(C(=O)N[C@H]2CCCNC2)c1. The minimum absolute atomic E-state index is 0.126. The Morgan fingerprint density at radius 2 is 2.08 bits per heavy atom. The number of nitrogens with one attached hydrogen (secondary N) is 3. The van der Waals surface area contributed by atoms with Crippen molar-refractivity contribution in [2.24, 2.45) is 0 Å². The first-order chi connectivity index (χ1) is 11.1. The molecule has 0 unspecified atom stereocenters.